The van der Waals surface area contributed by atoms with Gasteiger partial charge < -0.3 is 9.88 Å². The van der Waals surface area contributed by atoms with Gasteiger partial charge in [0, 0.05) is 30.7 Å². The van der Waals surface area contributed by atoms with Crippen LogP contribution in [0.3, 0.4) is 0 Å². The average Bonchev–Trinajstić information content (AvgIpc) is 2.84. The molecule has 0 aliphatic rings. The maximum Gasteiger partial charge on any atom is 0.307 e. The Kier molecular flexibility index (Phi) is 4.28. The van der Waals surface area contributed by atoms with Crippen LogP contribution in [-0.4, -0.2) is 19.5 Å². The Labute approximate surface area is 144 Å². The van der Waals surface area contributed by atoms with E-state index in [2.05, 4.69) is 15.3 Å². The third-order valence-corrected chi connectivity index (χ3v) is 4.74. The number of benzene rings is 1. The Morgan fingerprint density at radius 3 is 2.76 bits per heavy atom. The van der Waals surface area contributed by atoms with E-state index in [-0.39, 0.29) is 16.5 Å². The molecule has 10 heteroatoms. The van der Waals surface area contributed by atoms with Gasteiger partial charge in [0.1, 0.15) is 0 Å². The van der Waals surface area contributed by atoms with Crippen molar-refractivity contribution in [1.29, 1.82) is 0 Å². The number of anilines is 2. The van der Waals surface area contributed by atoms with Crippen LogP contribution in [0.25, 0.3) is 10.6 Å². The maximum atomic E-state index is 13.4. The first-order chi connectivity index (χ1) is 11.9. The highest BCUT2D eigenvalue weighted by Gasteiger charge is 2.16. The van der Waals surface area contributed by atoms with Gasteiger partial charge in [-0.3, -0.25) is 14.9 Å². The molecule has 1 N–H and O–H groups in total. The lowest BCUT2D eigenvalue weighted by Gasteiger charge is -2.06. The molecule has 3 rings (SSSR count). The minimum Gasteiger partial charge on any atom is -0.324 e. The Hall–Kier alpha value is -3.14. The summed E-state index contributed by atoms with van der Waals surface area (Å²) in [6, 6.07) is 5.08. The van der Waals surface area contributed by atoms with E-state index in [0.717, 1.165) is 29.2 Å². The monoisotopic (exact) mass is 361 g/mol. The molecule has 2 aromatic heterocycles. The minimum atomic E-state index is -0.921. The summed E-state index contributed by atoms with van der Waals surface area (Å²) in [5.41, 5.74) is 0.966. The molecule has 0 unspecified atom stereocenters. The van der Waals surface area contributed by atoms with E-state index >= 15 is 0 Å². The van der Waals surface area contributed by atoms with Gasteiger partial charge in [-0.1, -0.05) is 11.3 Å². The van der Waals surface area contributed by atoms with E-state index in [1.807, 2.05) is 6.92 Å². The summed E-state index contributed by atoms with van der Waals surface area (Å²) in [5.74, 6) is -0.740. The van der Waals surface area contributed by atoms with Crippen LogP contribution in [0.2, 0.25) is 0 Å². The lowest BCUT2D eigenvalue weighted by Crippen LogP contribution is -2.08. The number of nitrogens with one attached hydrogen (secondary N) is 1. The lowest BCUT2D eigenvalue weighted by atomic mass is 10.2. The van der Waals surface area contributed by atoms with Crippen molar-refractivity contribution in [1.82, 2.24) is 14.5 Å². The lowest BCUT2D eigenvalue weighted by molar-refractivity contribution is -0.387. The topological polar surface area (TPSA) is 103 Å². The highest BCUT2D eigenvalue weighted by molar-refractivity contribution is 7.13. The summed E-state index contributed by atoms with van der Waals surface area (Å²) in [4.78, 5) is 30.8. The molecule has 2 heterocycles. The SMILES string of the molecule is Cc1c(-c2ccnc(Nc3ccc(F)c([N+](=O)[O-])c3)n2)sc(=O)n1C. The van der Waals surface area contributed by atoms with Gasteiger partial charge in [0.25, 0.3) is 0 Å². The summed E-state index contributed by atoms with van der Waals surface area (Å²) in [5, 5.41) is 13.6. The first-order valence-electron chi connectivity index (χ1n) is 7.07. The second-order valence-corrected chi connectivity index (χ2v) is 6.12. The zero-order valence-electron chi connectivity index (χ0n) is 13.2. The van der Waals surface area contributed by atoms with Crippen LogP contribution in [0, 0.1) is 22.9 Å². The van der Waals surface area contributed by atoms with Crippen molar-refractivity contribution in [3.8, 4) is 10.6 Å². The molecule has 0 aliphatic carbocycles. The summed E-state index contributed by atoms with van der Waals surface area (Å²) in [7, 11) is 1.68. The smallest absolute Gasteiger partial charge is 0.307 e. The van der Waals surface area contributed by atoms with Gasteiger partial charge in [-0.25, -0.2) is 9.97 Å². The van der Waals surface area contributed by atoms with Crippen LogP contribution in [0.4, 0.5) is 21.7 Å². The molecule has 0 spiro atoms. The van der Waals surface area contributed by atoms with E-state index in [9.17, 15) is 19.3 Å². The molecule has 25 heavy (non-hydrogen) atoms. The Bertz CT molecular complexity index is 1030. The second-order valence-electron chi connectivity index (χ2n) is 5.16. The fraction of sp³-hybridized carbons (Fsp3) is 0.133. The maximum absolute atomic E-state index is 13.4. The molecule has 0 saturated carbocycles. The molecule has 0 saturated heterocycles. The third-order valence-electron chi connectivity index (χ3n) is 3.58. The van der Waals surface area contributed by atoms with Crippen LogP contribution in [-0.2, 0) is 7.05 Å². The summed E-state index contributed by atoms with van der Waals surface area (Å²) < 4.78 is 14.9. The van der Waals surface area contributed by atoms with Gasteiger partial charge >= 0.3 is 10.6 Å². The van der Waals surface area contributed by atoms with Crippen LogP contribution < -0.4 is 10.2 Å². The van der Waals surface area contributed by atoms with Crippen LogP contribution in [0.1, 0.15) is 5.69 Å². The van der Waals surface area contributed by atoms with Crippen molar-refractivity contribution in [2.45, 2.75) is 6.92 Å². The highest BCUT2D eigenvalue weighted by atomic mass is 32.1. The van der Waals surface area contributed by atoms with Crippen molar-refractivity contribution >= 4 is 28.7 Å². The number of thiazole rings is 1. The number of rotatable bonds is 4. The zero-order valence-corrected chi connectivity index (χ0v) is 14.0. The predicted octanol–water partition coefficient (Wildman–Crippen LogP) is 3.00. The number of nitro groups is 1. The van der Waals surface area contributed by atoms with Crippen molar-refractivity contribution < 1.29 is 9.31 Å². The quantitative estimate of drug-likeness (QED) is 0.566. The fourth-order valence-corrected chi connectivity index (χ4v) is 3.11. The second kappa shape index (κ2) is 6.40. The van der Waals surface area contributed by atoms with Gasteiger partial charge in [0.2, 0.25) is 11.8 Å². The molecule has 0 atom stereocenters. The van der Waals surface area contributed by atoms with Gasteiger partial charge in [-0.05, 0) is 25.1 Å². The Morgan fingerprint density at radius 2 is 2.12 bits per heavy atom. The van der Waals surface area contributed by atoms with E-state index in [4.69, 9.17) is 0 Å². The molecule has 0 amide bonds. The number of hydrogen-bond donors (Lipinski definition) is 1. The minimum absolute atomic E-state index is 0.102. The summed E-state index contributed by atoms with van der Waals surface area (Å²) >= 11 is 1.07. The first kappa shape index (κ1) is 16.7. The van der Waals surface area contributed by atoms with Gasteiger partial charge in [0.05, 0.1) is 15.5 Å². The summed E-state index contributed by atoms with van der Waals surface area (Å²) in [6.45, 7) is 1.81. The van der Waals surface area contributed by atoms with Crippen molar-refractivity contribution in [3.63, 3.8) is 0 Å². The van der Waals surface area contributed by atoms with E-state index < -0.39 is 16.4 Å². The molecule has 3 aromatic rings. The predicted molar refractivity (Wildman–Crippen MR) is 91.7 cm³/mol. The van der Waals surface area contributed by atoms with Crippen LogP contribution >= 0.6 is 11.3 Å². The molecule has 8 nitrogen and oxygen atoms in total. The number of hydrogen-bond acceptors (Lipinski definition) is 7. The fourth-order valence-electron chi connectivity index (χ4n) is 2.16. The highest BCUT2D eigenvalue weighted by Crippen LogP contribution is 2.26. The van der Waals surface area contributed by atoms with Gasteiger partial charge in [0.15, 0.2) is 0 Å². The molecule has 0 aliphatic heterocycles. The van der Waals surface area contributed by atoms with E-state index in [1.54, 1.807) is 13.1 Å². The molecule has 128 valence electrons. The standard InChI is InChI=1S/C15H12FN5O3S/c1-8-13(25-15(22)20(8)2)11-5-6-17-14(19-11)18-9-3-4-10(16)12(7-9)21(23)24/h3-7H,1-2H3,(H,17,18,19). The molecular weight excluding hydrogens is 349 g/mol. The van der Waals surface area contributed by atoms with E-state index in [1.165, 1.54) is 16.8 Å². The van der Waals surface area contributed by atoms with E-state index in [0.29, 0.717) is 10.6 Å². The third kappa shape index (κ3) is 3.24. The average molecular weight is 361 g/mol. The zero-order chi connectivity index (χ0) is 18.1. The number of nitro benzene ring substituents is 1. The van der Waals surface area contributed by atoms with Crippen molar-refractivity contribution in [3.05, 3.63) is 61.8 Å². The summed E-state index contributed by atoms with van der Waals surface area (Å²) in [6.07, 6.45) is 1.51. The van der Waals surface area contributed by atoms with Crippen LogP contribution in [0.5, 0.6) is 0 Å². The first-order valence-corrected chi connectivity index (χ1v) is 7.89. The Balaban J connectivity index is 1.95. The largest absolute Gasteiger partial charge is 0.324 e. The van der Waals surface area contributed by atoms with Crippen molar-refractivity contribution in [2.75, 3.05) is 5.32 Å². The van der Waals surface area contributed by atoms with Gasteiger partial charge in [-0.15, -0.1) is 0 Å². The molecular formula is C15H12FN5O3S. The van der Waals surface area contributed by atoms with Crippen LogP contribution in [0.15, 0.2) is 35.3 Å². The number of aromatic nitrogens is 3. The number of halogens is 1. The van der Waals surface area contributed by atoms with Crippen molar-refractivity contribution in [2.24, 2.45) is 7.05 Å². The molecule has 0 radical (unpaired) electrons. The number of nitrogens with zero attached hydrogens (tertiary/aromatic N) is 4. The molecule has 0 bridgehead atoms. The normalized spacial score (nSPS) is 10.7. The van der Waals surface area contributed by atoms with Gasteiger partial charge in [-0.2, -0.15) is 4.39 Å². The Morgan fingerprint density at radius 1 is 1.36 bits per heavy atom. The molecule has 1 aromatic carbocycles. The molecule has 0 fully saturated rings.